The standard InChI is InChI=1S/C17H20N2O2/c1-3-21-16-10-14(9-15(18)11-16)17(20)19-12(2)13-7-5-4-6-8-13/h4-12H,3,18H2,1-2H3,(H,19,20). The van der Waals surface area contributed by atoms with Crippen LogP contribution in [-0.4, -0.2) is 12.5 Å². The number of rotatable bonds is 5. The Bertz CT molecular complexity index is 611. The fraction of sp³-hybridized carbons (Fsp3) is 0.235. The van der Waals surface area contributed by atoms with E-state index in [-0.39, 0.29) is 11.9 Å². The van der Waals surface area contributed by atoms with Crippen LogP contribution in [0.1, 0.15) is 35.8 Å². The second kappa shape index (κ2) is 6.79. The van der Waals surface area contributed by atoms with Gasteiger partial charge in [-0.05, 0) is 31.5 Å². The van der Waals surface area contributed by atoms with Gasteiger partial charge < -0.3 is 15.8 Å². The first-order chi connectivity index (χ1) is 10.1. The van der Waals surface area contributed by atoms with Gasteiger partial charge in [0.25, 0.3) is 5.91 Å². The van der Waals surface area contributed by atoms with Crippen molar-refractivity contribution in [2.24, 2.45) is 0 Å². The van der Waals surface area contributed by atoms with Gasteiger partial charge in [0.1, 0.15) is 5.75 Å². The molecule has 0 spiro atoms. The Kier molecular flexibility index (Phi) is 4.82. The molecule has 4 nitrogen and oxygen atoms in total. The minimum Gasteiger partial charge on any atom is -0.494 e. The van der Waals surface area contributed by atoms with Crippen LogP contribution in [0.4, 0.5) is 5.69 Å². The van der Waals surface area contributed by atoms with Crippen LogP contribution in [0.25, 0.3) is 0 Å². The molecule has 1 amide bonds. The number of carbonyl (C=O) groups excluding carboxylic acids is 1. The van der Waals surface area contributed by atoms with Gasteiger partial charge in [-0.3, -0.25) is 4.79 Å². The average molecular weight is 284 g/mol. The summed E-state index contributed by atoms with van der Waals surface area (Å²) < 4.78 is 5.41. The molecule has 4 heteroatoms. The Morgan fingerprint density at radius 2 is 1.95 bits per heavy atom. The van der Waals surface area contributed by atoms with Gasteiger partial charge in [0.2, 0.25) is 0 Å². The molecule has 3 N–H and O–H groups in total. The molecule has 110 valence electrons. The van der Waals surface area contributed by atoms with Crippen molar-refractivity contribution in [3.63, 3.8) is 0 Å². The minimum atomic E-state index is -0.167. The summed E-state index contributed by atoms with van der Waals surface area (Å²) in [6.07, 6.45) is 0. The van der Waals surface area contributed by atoms with E-state index in [1.807, 2.05) is 44.2 Å². The summed E-state index contributed by atoms with van der Waals surface area (Å²) in [6, 6.07) is 14.8. The van der Waals surface area contributed by atoms with Gasteiger partial charge in [-0.1, -0.05) is 30.3 Å². The van der Waals surface area contributed by atoms with Crippen molar-refractivity contribution >= 4 is 11.6 Å². The molecule has 0 aliphatic heterocycles. The number of ether oxygens (including phenoxy) is 1. The van der Waals surface area contributed by atoms with Crippen molar-refractivity contribution in [1.82, 2.24) is 5.32 Å². The Balaban J connectivity index is 2.13. The highest BCUT2D eigenvalue weighted by Crippen LogP contribution is 2.20. The minimum absolute atomic E-state index is 0.0734. The van der Waals surface area contributed by atoms with E-state index in [9.17, 15) is 4.79 Å². The smallest absolute Gasteiger partial charge is 0.251 e. The highest BCUT2D eigenvalue weighted by atomic mass is 16.5. The van der Waals surface area contributed by atoms with Crippen molar-refractivity contribution in [1.29, 1.82) is 0 Å². The Morgan fingerprint density at radius 3 is 2.62 bits per heavy atom. The van der Waals surface area contributed by atoms with E-state index in [1.165, 1.54) is 0 Å². The normalized spacial score (nSPS) is 11.7. The summed E-state index contributed by atoms with van der Waals surface area (Å²) in [7, 11) is 0. The van der Waals surface area contributed by atoms with E-state index < -0.39 is 0 Å². The number of benzene rings is 2. The van der Waals surface area contributed by atoms with Gasteiger partial charge >= 0.3 is 0 Å². The molecular weight excluding hydrogens is 264 g/mol. The largest absolute Gasteiger partial charge is 0.494 e. The van der Waals surface area contributed by atoms with Crippen LogP contribution in [0.5, 0.6) is 5.75 Å². The van der Waals surface area contributed by atoms with E-state index in [1.54, 1.807) is 18.2 Å². The van der Waals surface area contributed by atoms with Crippen molar-refractivity contribution in [3.8, 4) is 5.75 Å². The summed E-state index contributed by atoms with van der Waals surface area (Å²) in [5.41, 5.74) is 7.88. The molecule has 0 saturated carbocycles. The van der Waals surface area contributed by atoms with Crippen molar-refractivity contribution in [3.05, 3.63) is 59.7 Å². The molecule has 0 fully saturated rings. The third kappa shape index (κ3) is 3.99. The van der Waals surface area contributed by atoms with Crippen LogP contribution in [0, 0.1) is 0 Å². The van der Waals surface area contributed by atoms with Gasteiger partial charge in [0, 0.05) is 17.3 Å². The van der Waals surface area contributed by atoms with E-state index in [0.29, 0.717) is 23.6 Å². The fourth-order valence-electron chi connectivity index (χ4n) is 2.11. The molecule has 1 atom stereocenters. The first-order valence-electron chi connectivity index (χ1n) is 6.99. The number of anilines is 1. The van der Waals surface area contributed by atoms with Gasteiger partial charge in [-0.25, -0.2) is 0 Å². The maximum absolute atomic E-state index is 12.3. The van der Waals surface area contributed by atoms with Gasteiger partial charge in [-0.15, -0.1) is 0 Å². The molecule has 2 rings (SSSR count). The molecular formula is C17H20N2O2. The molecule has 2 aromatic carbocycles. The molecule has 0 aliphatic rings. The van der Waals surface area contributed by atoms with E-state index in [0.717, 1.165) is 5.56 Å². The predicted octanol–water partition coefficient (Wildman–Crippen LogP) is 3.16. The quantitative estimate of drug-likeness (QED) is 0.829. The fourth-order valence-corrected chi connectivity index (χ4v) is 2.11. The monoisotopic (exact) mass is 284 g/mol. The topological polar surface area (TPSA) is 64.3 Å². The van der Waals surface area contributed by atoms with Gasteiger partial charge in [-0.2, -0.15) is 0 Å². The summed E-state index contributed by atoms with van der Waals surface area (Å²) in [6.45, 7) is 4.37. The average Bonchev–Trinajstić information content (AvgIpc) is 2.48. The van der Waals surface area contributed by atoms with Gasteiger partial charge in [0.05, 0.1) is 12.6 Å². The second-order valence-electron chi connectivity index (χ2n) is 4.83. The van der Waals surface area contributed by atoms with Gasteiger partial charge in [0.15, 0.2) is 0 Å². The van der Waals surface area contributed by atoms with E-state index >= 15 is 0 Å². The molecule has 0 aliphatic carbocycles. The number of hydrogen-bond donors (Lipinski definition) is 2. The first kappa shape index (κ1) is 14.9. The SMILES string of the molecule is CCOc1cc(N)cc(C(=O)NC(C)c2ccccc2)c1. The predicted molar refractivity (Wildman–Crippen MR) is 84.3 cm³/mol. The zero-order valence-corrected chi connectivity index (χ0v) is 12.3. The number of nitrogen functional groups attached to an aromatic ring is 1. The molecule has 0 saturated heterocycles. The zero-order valence-electron chi connectivity index (χ0n) is 12.3. The lowest BCUT2D eigenvalue weighted by molar-refractivity contribution is 0.0939. The lowest BCUT2D eigenvalue weighted by atomic mass is 10.1. The van der Waals surface area contributed by atoms with Crippen LogP contribution < -0.4 is 15.8 Å². The molecule has 0 bridgehead atoms. The zero-order chi connectivity index (χ0) is 15.2. The summed E-state index contributed by atoms with van der Waals surface area (Å²) >= 11 is 0. The highest BCUT2D eigenvalue weighted by Gasteiger charge is 2.12. The van der Waals surface area contributed by atoms with Crippen LogP contribution >= 0.6 is 0 Å². The number of amides is 1. The summed E-state index contributed by atoms with van der Waals surface area (Å²) in [4.78, 5) is 12.3. The number of carbonyl (C=O) groups is 1. The molecule has 21 heavy (non-hydrogen) atoms. The Labute approximate surface area is 124 Å². The molecule has 0 radical (unpaired) electrons. The maximum atomic E-state index is 12.3. The third-order valence-electron chi connectivity index (χ3n) is 3.15. The lowest BCUT2D eigenvalue weighted by Crippen LogP contribution is -2.26. The molecule has 2 aromatic rings. The van der Waals surface area contributed by atoms with Crippen molar-refractivity contribution in [2.75, 3.05) is 12.3 Å². The number of nitrogens with two attached hydrogens (primary N) is 1. The van der Waals surface area contributed by atoms with Crippen molar-refractivity contribution in [2.45, 2.75) is 19.9 Å². The van der Waals surface area contributed by atoms with Crippen LogP contribution in [-0.2, 0) is 0 Å². The second-order valence-corrected chi connectivity index (χ2v) is 4.83. The van der Waals surface area contributed by atoms with Crippen LogP contribution in [0.3, 0.4) is 0 Å². The Morgan fingerprint density at radius 1 is 1.24 bits per heavy atom. The summed E-state index contributed by atoms with van der Waals surface area (Å²) in [5, 5.41) is 2.96. The molecule has 0 aromatic heterocycles. The molecule has 0 heterocycles. The van der Waals surface area contributed by atoms with Crippen LogP contribution in [0.15, 0.2) is 48.5 Å². The third-order valence-corrected chi connectivity index (χ3v) is 3.15. The van der Waals surface area contributed by atoms with Crippen molar-refractivity contribution < 1.29 is 9.53 Å². The Hall–Kier alpha value is -2.49. The first-order valence-corrected chi connectivity index (χ1v) is 6.99. The number of hydrogen-bond acceptors (Lipinski definition) is 3. The maximum Gasteiger partial charge on any atom is 0.251 e. The molecule has 1 unspecified atom stereocenters. The lowest BCUT2D eigenvalue weighted by Gasteiger charge is -2.15. The van der Waals surface area contributed by atoms with E-state index in [2.05, 4.69) is 5.32 Å². The highest BCUT2D eigenvalue weighted by molar-refractivity contribution is 5.95. The summed E-state index contributed by atoms with van der Waals surface area (Å²) in [5.74, 6) is 0.439. The number of nitrogens with one attached hydrogen (secondary N) is 1. The van der Waals surface area contributed by atoms with Crippen LogP contribution in [0.2, 0.25) is 0 Å². The van der Waals surface area contributed by atoms with E-state index in [4.69, 9.17) is 10.5 Å².